The highest BCUT2D eigenvalue weighted by molar-refractivity contribution is 7.89. The first-order valence-electron chi connectivity index (χ1n) is 7.90. The Bertz CT molecular complexity index is 650. The number of nitrogens with one attached hydrogen (secondary N) is 2. The Morgan fingerprint density at radius 1 is 1.17 bits per heavy atom. The average molecular weight is 340 g/mol. The van der Waals surface area contributed by atoms with Crippen molar-refractivity contribution in [1.29, 1.82) is 0 Å². The summed E-state index contributed by atoms with van der Waals surface area (Å²) in [6.45, 7) is 0. The molecule has 1 aliphatic carbocycles. The van der Waals surface area contributed by atoms with Crippen LogP contribution in [0.25, 0.3) is 0 Å². The highest BCUT2D eigenvalue weighted by atomic mass is 32.2. The summed E-state index contributed by atoms with van der Waals surface area (Å²) >= 11 is 0. The number of methoxy groups -OCH3 is 1. The lowest BCUT2D eigenvalue weighted by Crippen LogP contribution is -2.34. The van der Waals surface area contributed by atoms with Gasteiger partial charge in [0, 0.05) is 13.1 Å². The lowest BCUT2D eigenvalue weighted by Gasteiger charge is -2.17. The number of sulfonamides is 1. The maximum atomic E-state index is 12.6. The van der Waals surface area contributed by atoms with Gasteiger partial charge in [-0.25, -0.2) is 13.1 Å². The number of benzene rings is 1. The van der Waals surface area contributed by atoms with E-state index in [1.807, 2.05) is 0 Å². The molecule has 1 aromatic rings. The molecule has 1 amide bonds. The fourth-order valence-corrected chi connectivity index (χ4v) is 4.18. The molecular formula is C16H24N2O4S. The smallest absolute Gasteiger partial charge is 0.254 e. The summed E-state index contributed by atoms with van der Waals surface area (Å²) < 4.78 is 33.1. The van der Waals surface area contributed by atoms with Crippen molar-refractivity contribution >= 4 is 15.9 Å². The number of hydrogen-bond donors (Lipinski definition) is 2. The highest BCUT2D eigenvalue weighted by Crippen LogP contribution is 2.24. The van der Waals surface area contributed by atoms with Crippen molar-refractivity contribution in [3.63, 3.8) is 0 Å². The summed E-state index contributed by atoms with van der Waals surface area (Å²) in [5.74, 6) is -0.0360. The van der Waals surface area contributed by atoms with E-state index in [1.54, 1.807) is 0 Å². The third-order valence-electron chi connectivity index (χ3n) is 4.13. The molecule has 1 saturated carbocycles. The van der Waals surface area contributed by atoms with Crippen molar-refractivity contribution in [3.8, 4) is 5.75 Å². The van der Waals surface area contributed by atoms with Crippen molar-refractivity contribution in [2.45, 2.75) is 49.5 Å². The molecule has 6 nitrogen and oxygen atoms in total. The largest absolute Gasteiger partial charge is 0.496 e. The van der Waals surface area contributed by atoms with Gasteiger partial charge in [0.25, 0.3) is 5.91 Å². The first-order chi connectivity index (χ1) is 11.0. The molecule has 2 N–H and O–H groups in total. The van der Waals surface area contributed by atoms with Gasteiger partial charge in [0.15, 0.2) is 0 Å². The Morgan fingerprint density at radius 2 is 1.83 bits per heavy atom. The van der Waals surface area contributed by atoms with Gasteiger partial charge in [0.2, 0.25) is 10.0 Å². The van der Waals surface area contributed by atoms with Crippen LogP contribution >= 0.6 is 0 Å². The van der Waals surface area contributed by atoms with E-state index in [0.29, 0.717) is 5.75 Å². The molecule has 1 fully saturated rings. The second kappa shape index (κ2) is 7.79. The van der Waals surface area contributed by atoms with Gasteiger partial charge in [-0.3, -0.25) is 4.79 Å². The van der Waals surface area contributed by atoms with E-state index in [-0.39, 0.29) is 22.4 Å². The van der Waals surface area contributed by atoms with Crippen molar-refractivity contribution in [3.05, 3.63) is 23.8 Å². The minimum Gasteiger partial charge on any atom is -0.496 e. The molecule has 7 heteroatoms. The van der Waals surface area contributed by atoms with E-state index >= 15 is 0 Å². The summed E-state index contributed by atoms with van der Waals surface area (Å²) in [5, 5.41) is 2.49. The van der Waals surface area contributed by atoms with E-state index in [2.05, 4.69) is 10.0 Å². The number of carbonyl (C=O) groups is 1. The van der Waals surface area contributed by atoms with Crippen LogP contribution in [-0.4, -0.2) is 34.5 Å². The Balaban J connectivity index is 2.26. The van der Waals surface area contributed by atoms with Gasteiger partial charge < -0.3 is 10.1 Å². The van der Waals surface area contributed by atoms with Crippen LogP contribution in [0, 0.1) is 0 Å². The molecule has 0 heterocycles. The van der Waals surface area contributed by atoms with Crippen LogP contribution in [0.5, 0.6) is 5.75 Å². The van der Waals surface area contributed by atoms with Crippen LogP contribution in [-0.2, 0) is 10.0 Å². The molecule has 0 bridgehead atoms. The van der Waals surface area contributed by atoms with E-state index in [0.717, 1.165) is 38.5 Å². The Morgan fingerprint density at radius 3 is 2.39 bits per heavy atom. The number of rotatable bonds is 5. The predicted octanol–water partition coefficient (Wildman–Crippen LogP) is 2.06. The highest BCUT2D eigenvalue weighted by Gasteiger charge is 2.23. The van der Waals surface area contributed by atoms with E-state index in [4.69, 9.17) is 4.74 Å². The zero-order valence-electron chi connectivity index (χ0n) is 13.6. The standard InChI is InChI=1S/C16H24N2O4S/c1-17-16(19)14-11-13(9-10-15(14)22-2)23(20,21)18-12-7-5-3-4-6-8-12/h9-12,18H,3-8H2,1-2H3,(H,17,19). The van der Waals surface area contributed by atoms with Crippen LogP contribution in [0.3, 0.4) is 0 Å². The second-order valence-corrected chi connectivity index (χ2v) is 7.46. The summed E-state index contributed by atoms with van der Waals surface area (Å²) in [7, 11) is -0.714. The van der Waals surface area contributed by atoms with Crippen molar-refractivity contribution in [1.82, 2.24) is 10.0 Å². The number of ether oxygens (including phenoxy) is 1. The third kappa shape index (κ3) is 4.45. The third-order valence-corrected chi connectivity index (χ3v) is 5.65. The Kier molecular flexibility index (Phi) is 6.01. The summed E-state index contributed by atoms with van der Waals surface area (Å²) in [6.07, 6.45) is 6.11. The topological polar surface area (TPSA) is 84.5 Å². The molecule has 0 unspecified atom stereocenters. The fraction of sp³-hybridized carbons (Fsp3) is 0.562. The summed E-state index contributed by atoms with van der Waals surface area (Å²) in [4.78, 5) is 12.0. The summed E-state index contributed by atoms with van der Waals surface area (Å²) in [5.41, 5.74) is 0.207. The van der Waals surface area contributed by atoms with Crippen LogP contribution < -0.4 is 14.8 Å². The molecule has 23 heavy (non-hydrogen) atoms. The molecule has 0 radical (unpaired) electrons. The second-order valence-electron chi connectivity index (χ2n) is 5.75. The quantitative estimate of drug-likeness (QED) is 0.804. The SMILES string of the molecule is CNC(=O)c1cc(S(=O)(=O)NC2CCCCCC2)ccc1OC. The molecule has 128 valence electrons. The molecule has 0 aromatic heterocycles. The molecule has 1 aliphatic rings. The zero-order chi connectivity index (χ0) is 16.9. The summed E-state index contributed by atoms with van der Waals surface area (Å²) in [6, 6.07) is 4.29. The maximum Gasteiger partial charge on any atom is 0.254 e. The normalized spacial score (nSPS) is 16.6. The van der Waals surface area contributed by atoms with Gasteiger partial charge in [-0.15, -0.1) is 0 Å². The molecule has 0 spiro atoms. The molecule has 0 aliphatic heterocycles. The van der Waals surface area contributed by atoms with Gasteiger partial charge in [-0.1, -0.05) is 25.7 Å². The Hall–Kier alpha value is -1.60. The molecular weight excluding hydrogens is 316 g/mol. The van der Waals surface area contributed by atoms with Crippen LogP contribution in [0.15, 0.2) is 23.1 Å². The average Bonchev–Trinajstić information content (AvgIpc) is 2.81. The first-order valence-corrected chi connectivity index (χ1v) is 9.38. The predicted molar refractivity (Wildman–Crippen MR) is 88.2 cm³/mol. The number of carbonyl (C=O) groups excluding carboxylic acids is 1. The maximum absolute atomic E-state index is 12.6. The van der Waals surface area contributed by atoms with Gasteiger partial charge in [0.05, 0.1) is 17.6 Å². The molecule has 2 rings (SSSR count). The molecule has 0 saturated heterocycles. The Labute approximate surface area is 137 Å². The lowest BCUT2D eigenvalue weighted by molar-refractivity contribution is 0.0960. The van der Waals surface area contributed by atoms with E-state index in [1.165, 1.54) is 32.4 Å². The first kappa shape index (κ1) is 17.7. The van der Waals surface area contributed by atoms with Crippen LogP contribution in [0.4, 0.5) is 0 Å². The van der Waals surface area contributed by atoms with Gasteiger partial charge in [-0.2, -0.15) is 0 Å². The zero-order valence-corrected chi connectivity index (χ0v) is 14.4. The minimum absolute atomic E-state index is 0.0342. The minimum atomic E-state index is -3.65. The number of amides is 1. The van der Waals surface area contributed by atoms with Gasteiger partial charge >= 0.3 is 0 Å². The monoisotopic (exact) mass is 340 g/mol. The lowest BCUT2D eigenvalue weighted by atomic mass is 10.1. The van der Waals surface area contributed by atoms with Crippen LogP contribution in [0.2, 0.25) is 0 Å². The van der Waals surface area contributed by atoms with Gasteiger partial charge in [-0.05, 0) is 31.0 Å². The molecule has 1 aromatic carbocycles. The van der Waals surface area contributed by atoms with Gasteiger partial charge in [0.1, 0.15) is 5.75 Å². The van der Waals surface area contributed by atoms with Crippen molar-refractivity contribution in [2.24, 2.45) is 0 Å². The number of hydrogen-bond acceptors (Lipinski definition) is 4. The van der Waals surface area contributed by atoms with Crippen molar-refractivity contribution < 1.29 is 17.9 Å². The fourth-order valence-electron chi connectivity index (χ4n) is 2.85. The molecule has 0 atom stereocenters. The van der Waals surface area contributed by atoms with E-state index in [9.17, 15) is 13.2 Å². The van der Waals surface area contributed by atoms with Crippen molar-refractivity contribution in [2.75, 3.05) is 14.2 Å². The van der Waals surface area contributed by atoms with Crippen LogP contribution in [0.1, 0.15) is 48.9 Å². The van der Waals surface area contributed by atoms with E-state index < -0.39 is 10.0 Å².